The summed E-state index contributed by atoms with van der Waals surface area (Å²) < 4.78 is 13.0. The second kappa shape index (κ2) is 11.0. The number of benzene rings is 1. The molecule has 1 aromatic carbocycles. The highest BCUT2D eigenvalue weighted by Crippen LogP contribution is 2.25. The lowest BCUT2D eigenvalue weighted by molar-refractivity contribution is -0.144. The summed E-state index contributed by atoms with van der Waals surface area (Å²) in [5.74, 6) is -1.37. The van der Waals surface area contributed by atoms with Gasteiger partial charge in [0.25, 0.3) is 0 Å². The van der Waals surface area contributed by atoms with E-state index in [0.29, 0.717) is 25.3 Å². The largest absolute Gasteiger partial charge is 0.481 e. The van der Waals surface area contributed by atoms with Crippen molar-refractivity contribution in [1.82, 2.24) is 10.2 Å². The Morgan fingerprint density at radius 1 is 1.21 bits per heavy atom. The standard InChI is InChI=1S/C20H29FN2O4S/c1-14(18(25)26)20(3,4)13-22-19(27)23(11-12-28-15(2)24)10-9-16-5-7-17(21)8-6-16/h5-8,14H,9-13H2,1-4H3,(H,22,27)(H,25,26)/t14-/m1/s1. The van der Waals surface area contributed by atoms with Crippen LogP contribution in [0.4, 0.5) is 9.18 Å². The van der Waals surface area contributed by atoms with Gasteiger partial charge in [0.15, 0.2) is 5.12 Å². The van der Waals surface area contributed by atoms with E-state index < -0.39 is 17.3 Å². The number of rotatable bonds is 10. The predicted molar refractivity (Wildman–Crippen MR) is 109 cm³/mol. The molecule has 1 aromatic rings. The van der Waals surface area contributed by atoms with Gasteiger partial charge in [-0.25, -0.2) is 9.18 Å². The average molecular weight is 413 g/mol. The fourth-order valence-electron chi connectivity index (χ4n) is 2.43. The number of carboxylic acid groups (broad SMARTS) is 1. The molecule has 1 rings (SSSR count). The first kappa shape index (κ1) is 23.9. The van der Waals surface area contributed by atoms with Crippen molar-refractivity contribution in [2.75, 3.05) is 25.4 Å². The van der Waals surface area contributed by atoms with Gasteiger partial charge in [-0.2, -0.15) is 0 Å². The Morgan fingerprint density at radius 2 is 1.82 bits per heavy atom. The highest BCUT2D eigenvalue weighted by atomic mass is 32.2. The Kier molecular flexibility index (Phi) is 9.45. The normalized spacial score (nSPS) is 12.3. The van der Waals surface area contributed by atoms with Crippen LogP contribution in [0, 0.1) is 17.2 Å². The molecule has 156 valence electrons. The average Bonchev–Trinajstić information content (AvgIpc) is 2.62. The zero-order chi connectivity index (χ0) is 21.3. The van der Waals surface area contributed by atoms with Gasteiger partial charge in [0.05, 0.1) is 5.92 Å². The maximum atomic E-state index is 13.0. The van der Waals surface area contributed by atoms with Crippen molar-refractivity contribution in [2.24, 2.45) is 11.3 Å². The molecule has 0 spiro atoms. The summed E-state index contributed by atoms with van der Waals surface area (Å²) in [4.78, 5) is 36.6. The zero-order valence-corrected chi connectivity index (χ0v) is 17.6. The number of urea groups is 1. The van der Waals surface area contributed by atoms with Crippen molar-refractivity contribution in [2.45, 2.75) is 34.1 Å². The van der Waals surface area contributed by atoms with E-state index in [1.165, 1.54) is 19.1 Å². The molecular weight excluding hydrogens is 383 g/mol. The van der Waals surface area contributed by atoms with E-state index in [4.69, 9.17) is 0 Å². The van der Waals surface area contributed by atoms with Gasteiger partial charge in [-0.15, -0.1) is 0 Å². The van der Waals surface area contributed by atoms with E-state index in [1.54, 1.807) is 37.8 Å². The predicted octanol–water partition coefficient (Wildman–Crippen LogP) is 3.41. The molecule has 2 amide bonds. The van der Waals surface area contributed by atoms with Crippen LogP contribution in [0.15, 0.2) is 24.3 Å². The summed E-state index contributed by atoms with van der Waals surface area (Å²) in [6.45, 7) is 7.68. The molecular formula is C20H29FN2O4S. The summed E-state index contributed by atoms with van der Waals surface area (Å²) in [5.41, 5.74) is 0.288. The van der Waals surface area contributed by atoms with E-state index in [-0.39, 0.29) is 23.5 Å². The molecule has 0 unspecified atom stereocenters. The van der Waals surface area contributed by atoms with Gasteiger partial charge >= 0.3 is 12.0 Å². The number of carbonyl (C=O) groups excluding carboxylic acids is 2. The molecule has 6 nitrogen and oxygen atoms in total. The van der Waals surface area contributed by atoms with Crippen LogP contribution in [-0.2, 0) is 16.0 Å². The van der Waals surface area contributed by atoms with Crippen LogP contribution in [-0.4, -0.2) is 52.5 Å². The van der Waals surface area contributed by atoms with Crippen LogP contribution in [0.2, 0.25) is 0 Å². The molecule has 0 bridgehead atoms. The summed E-state index contributed by atoms with van der Waals surface area (Å²) in [7, 11) is 0. The number of hydrogen-bond donors (Lipinski definition) is 2. The Labute approximate surface area is 169 Å². The van der Waals surface area contributed by atoms with Crippen LogP contribution >= 0.6 is 11.8 Å². The van der Waals surface area contributed by atoms with Crippen molar-refractivity contribution in [3.05, 3.63) is 35.6 Å². The molecule has 28 heavy (non-hydrogen) atoms. The zero-order valence-electron chi connectivity index (χ0n) is 16.8. The lowest BCUT2D eigenvalue weighted by atomic mass is 9.80. The van der Waals surface area contributed by atoms with E-state index in [0.717, 1.165) is 17.3 Å². The second-order valence-corrected chi connectivity index (χ2v) is 8.68. The topological polar surface area (TPSA) is 86.7 Å². The quantitative estimate of drug-likeness (QED) is 0.615. The molecule has 0 saturated heterocycles. The van der Waals surface area contributed by atoms with Crippen molar-refractivity contribution in [3.8, 4) is 0 Å². The lowest BCUT2D eigenvalue weighted by Crippen LogP contribution is -2.47. The fourth-order valence-corrected chi connectivity index (χ4v) is 3.03. The summed E-state index contributed by atoms with van der Waals surface area (Å²) in [5, 5.41) is 12.0. The third kappa shape index (κ3) is 8.29. The molecule has 0 aliphatic carbocycles. The van der Waals surface area contributed by atoms with Crippen molar-refractivity contribution in [3.63, 3.8) is 0 Å². The number of nitrogens with one attached hydrogen (secondary N) is 1. The van der Waals surface area contributed by atoms with Gasteiger partial charge in [0.2, 0.25) is 0 Å². The minimum atomic E-state index is -0.912. The number of thioether (sulfide) groups is 1. The first-order chi connectivity index (χ1) is 13.0. The van der Waals surface area contributed by atoms with Crippen molar-refractivity contribution in [1.29, 1.82) is 0 Å². The minimum Gasteiger partial charge on any atom is -0.481 e. The Morgan fingerprint density at radius 3 is 2.36 bits per heavy atom. The molecule has 0 fully saturated rings. The molecule has 0 radical (unpaired) electrons. The van der Waals surface area contributed by atoms with Crippen LogP contribution in [0.3, 0.4) is 0 Å². The molecule has 0 aliphatic rings. The number of amides is 2. The van der Waals surface area contributed by atoms with Gasteiger partial charge in [0.1, 0.15) is 5.82 Å². The van der Waals surface area contributed by atoms with Crippen LogP contribution in [0.1, 0.15) is 33.3 Å². The Bertz CT molecular complexity index is 679. The Balaban J connectivity index is 2.70. The van der Waals surface area contributed by atoms with E-state index >= 15 is 0 Å². The fraction of sp³-hybridized carbons (Fsp3) is 0.550. The third-order valence-corrected chi connectivity index (χ3v) is 5.57. The van der Waals surface area contributed by atoms with E-state index in [9.17, 15) is 23.9 Å². The highest BCUT2D eigenvalue weighted by molar-refractivity contribution is 8.13. The van der Waals surface area contributed by atoms with Gasteiger partial charge in [-0.3, -0.25) is 9.59 Å². The van der Waals surface area contributed by atoms with Crippen molar-refractivity contribution < 1.29 is 23.9 Å². The molecule has 8 heteroatoms. The second-order valence-electron chi connectivity index (χ2n) is 7.41. The molecule has 0 heterocycles. The van der Waals surface area contributed by atoms with Gasteiger partial charge in [-0.05, 0) is 29.5 Å². The minimum absolute atomic E-state index is 0.0182. The number of halogens is 1. The van der Waals surface area contributed by atoms with Gasteiger partial charge in [-0.1, -0.05) is 44.7 Å². The number of carbonyl (C=O) groups is 3. The summed E-state index contributed by atoms with van der Waals surface area (Å²) in [6, 6.07) is 5.79. The first-order valence-corrected chi connectivity index (χ1v) is 10.1. The molecule has 2 N–H and O–H groups in total. The number of hydrogen-bond acceptors (Lipinski definition) is 4. The summed E-state index contributed by atoms with van der Waals surface area (Å²) >= 11 is 1.15. The molecule has 0 aliphatic heterocycles. The van der Waals surface area contributed by atoms with Crippen molar-refractivity contribution >= 4 is 28.9 Å². The summed E-state index contributed by atoms with van der Waals surface area (Å²) in [6.07, 6.45) is 0.549. The van der Waals surface area contributed by atoms with Crippen LogP contribution in [0.25, 0.3) is 0 Å². The molecule has 1 atom stereocenters. The number of nitrogens with zero attached hydrogens (tertiary/aromatic N) is 1. The van der Waals surface area contributed by atoms with Crippen LogP contribution < -0.4 is 5.32 Å². The number of carboxylic acids is 1. The third-order valence-electron chi connectivity index (χ3n) is 4.78. The molecule has 0 aromatic heterocycles. The maximum absolute atomic E-state index is 13.0. The van der Waals surface area contributed by atoms with E-state index in [1.807, 2.05) is 0 Å². The smallest absolute Gasteiger partial charge is 0.317 e. The monoisotopic (exact) mass is 412 g/mol. The Hall–Kier alpha value is -2.09. The van der Waals surface area contributed by atoms with E-state index in [2.05, 4.69) is 5.32 Å². The highest BCUT2D eigenvalue weighted by Gasteiger charge is 2.32. The van der Waals surface area contributed by atoms with Gasteiger partial charge < -0.3 is 15.3 Å². The van der Waals surface area contributed by atoms with Crippen LogP contribution in [0.5, 0.6) is 0 Å². The number of aliphatic carboxylic acids is 1. The SMILES string of the molecule is CC(=O)SCCN(CCc1ccc(F)cc1)C(=O)NCC(C)(C)[C@H](C)C(=O)O. The lowest BCUT2D eigenvalue weighted by Gasteiger charge is -2.31. The first-order valence-electron chi connectivity index (χ1n) is 9.16. The molecule has 0 saturated carbocycles. The van der Waals surface area contributed by atoms with Gasteiger partial charge in [0, 0.05) is 32.3 Å². The maximum Gasteiger partial charge on any atom is 0.317 e.